The average molecular weight is 150 g/mol. The molecular weight excluding hydrogens is 143 g/mol. The molecule has 1 rings (SSSR count). The lowest BCUT2D eigenvalue weighted by Gasteiger charge is -2.00. The fraction of sp³-hybridized carbons (Fsp3) is 0.125. The van der Waals surface area contributed by atoms with Crippen molar-refractivity contribution in [1.29, 1.82) is 5.26 Å². The first-order chi connectivity index (χ1) is 5.16. The second kappa shape index (κ2) is 2.59. The fourth-order valence-electron chi connectivity index (χ4n) is 0.852. The van der Waals surface area contributed by atoms with E-state index in [1.807, 2.05) is 6.07 Å². The van der Waals surface area contributed by atoms with E-state index in [0.29, 0.717) is 5.56 Å². The molecule has 0 bridgehead atoms. The molecular formula is C8H7FN2. The van der Waals surface area contributed by atoms with E-state index < -0.39 is 5.82 Å². The summed E-state index contributed by atoms with van der Waals surface area (Å²) in [4.78, 5) is 0. The minimum absolute atomic E-state index is 0.0625. The molecule has 11 heavy (non-hydrogen) atoms. The van der Waals surface area contributed by atoms with Gasteiger partial charge in [-0.25, -0.2) is 4.39 Å². The van der Waals surface area contributed by atoms with Crippen molar-refractivity contribution in [2.45, 2.75) is 6.92 Å². The summed E-state index contributed by atoms with van der Waals surface area (Å²) in [7, 11) is 0. The van der Waals surface area contributed by atoms with Crippen molar-refractivity contribution in [3.63, 3.8) is 0 Å². The lowest BCUT2D eigenvalue weighted by Crippen LogP contribution is -1.96. The van der Waals surface area contributed by atoms with Crippen LogP contribution in [-0.2, 0) is 0 Å². The van der Waals surface area contributed by atoms with Gasteiger partial charge in [0.1, 0.15) is 11.9 Å². The number of benzene rings is 1. The number of rotatable bonds is 0. The maximum absolute atomic E-state index is 12.7. The van der Waals surface area contributed by atoms with Crippen molar-refractivity contribution in [2.24, 2.45) is 0 Å². The molecule has 0 spiro atoms. The Bertz CT molecular complexity index is 326. The van der Waals surface area contributed by atoms with Crippen LogP contribution >= 0.6 is 0 Å². The van der Waals surface area contributed by atoms with Crippen molar-refractivity contribution in [2.75, 3.05) is 5.73 Å². The highest BCUT2D eigenvalue weighted by atomic mass is 19.1. The van der Waals surface area contributed by atoms with Gasteiger partial charge in [-0.15, -0.1) is 0 Å². The van der Waals surface area contributed by atoms with Gasteiger partial charge >= 0.3 is 0 Å². The van der Waals surface area contributed by atoms with Gasteiger partial charge in [0, 0.05) is 0 Å². The topological polar surface area (TPSA) is 49.8 Å². The highest BCUT2D eigenvalue weighted by Gasteiger charge is 2.05. The normalized spacial score (nSPS) is 9.18. The van der Waals surface area contributed by atoms with Gasteiger partial charge in [0.25, 0.3) is 0 Å². The summed E-state index contributed by atoms with van der Waals surface area (Å²) >= 11 is 0. The molecule has 0 heterocycles. The predicted molar refractivity (Wildman–Crippen MR) is 40.3 cm³/mol. The summed E-state index contributed by atoms with van der Waals surface area (Å²) in [6.07, 6.45) is 0. The van der Waals surface area contributed by atoms with Crippen molar-refractivity contribution in [1.82, 2.24) is 0 Å². The zero-order valence-corrected chi connectivity index (χ0v) is 6.06. The van der Waals surface area contributed by atoms with Crippen LogP contribution in [0.25, 0.3) is 0 Å². The lowest BCUT2D eigenvalue weighted by molar-refractivity contribution is 0.631. The van der Waals surface area contributed by atoms with Crippen molar-refractivity contribution < 1.29 is 4.39 Å². The third kappa shape index (κ3) is 1.15. The molecule has 0 aliphatic heterocycles. The number of nitrogens with zero attached hydrogens (tertiary/aromatic N) is 1. The molecule has 0 atom stereocenters. The molecule has 1 aromatic carbocycles. The molecule has 0 amide bonds. The van der Waals surface area contributed by atoms with Gasteiger partial charge in [-0.2, -0.15) is 5.26 Å². The zero-order chi connectivity index (χ0) is 8.43. The zero-order valence-electron chi connectivity index (χ0n) is 6.06. The summed E-state index contributed by atoms with van der Waals surface area (Å²) in [6, 6.07) is 4.63. The van der Waals surface area contributed by atoms with Gasteiger partial charge in [-0.05, 0) is 18.6 Å². The molecule has 56 valence electrons. The van der Waals surface area contributed by atoms with Crippen molar-refractivity contribution in [3.05, 3.63) is 29.1 Å². The summed E-state index contributed by atoms with van der Waals surface area (Å²) in [5, 5.41) is 8.53. The minimum atomic E-state index is -0.535. The van der Waals surface area contributed by atoms with E-state index in [9.17, 15) is 4.39 Å². The summed E-state index contributed by atoms with van der Waals surface area (Å²) in [5.41, 5.74) is 6.16. The Balaban J connectivity index is 3.44. The monoisotopic (exact) mass is 150 g/mol. The van der Waals surface area contributed by atoms with Gasteiger partial charge in [-0.1, -0.05) is 6.07 Å². The molecule has 0 saturated heterocycles. The second-order valence-corrected chi connectivity index (χ2v) is 2.26. The van der Waals surface area contributed by atoms with Gasteiger partial charge in [0.05, 0.1) is 11.3 Å². The average Bonchev–Trinajstić information content (AvgIpc) is 1.99. The van der Waals surface area contributed by atoms with Crippen LogP contribution in [0.5, 0.6) is 0 Å². The van der Waals surface area contributed by atoms with Crippen molar-refractivity contribution >= 4 is 5.69 Å². The molecule has 1 aromatic rings. The smallest absolute Gasteiger partial charge is 0.147 e. The van der Waals surface area contributed by atoms with E-state index in [1.54, 1.807) is 6.92 Å². The van der Waals surface area contributed by atoms with Crippen molar-refractivity contribution in [3.8, 4) is 6.07 Å². The molecule has 0 unspecified atom stereocenters. The van der Waals surface area contributed by atoms with Crippen LogP contribution in [0, 0.1) is 24.1 Å². The number of nitrogen functional groups attached to an aromatic ring is 1. The molecule has 0 aromatic heterocycles. The number of anilines is 1. The molecule has 2 nitrogen and oxygen atoms in total. The number of aryl methyl sites for hydroxylation is 1. The SMILES string of the molecule is Cc1ccc(F)c(N)c1C#N. The number of nitrogens with two attached hydrogens (primary N) is 1. The fourth-order valence-corrected chi connectivity index (χ4v) is 0.852. The molecule has 2 N–H and O–H groups in total. The first kappa shape index (κ1) is 7.55. The Morgan fingerprint density at radius 3 is 2.64 bits per heavy atom. The van der Waals surface area contributed by atoms with Crippen LogP contribution in [0.15, 0.2) is 12.1 Å². The summed E-state index contributed by atoms with van der Waals surface area (Å²) in [6.45, 7) is 1.72. The maximum atomic E-state index is 12.7. The highest BCUT2D eigenvalue weighted by molar-refractivity contribution is 5.58. The van der Waals surface area contributed by atoms with Crippen LogP contribution in [0.2, 0.25) is 0 Å². The second-order valence-electron chi connectivity index (χ2n) is 2.26. The number of hydrogen-bond acceptors (Lipinski definition) is 2. The molecule has 3 heteroatoms. The standard InChI is InChI=1S/C8H7FN2/c1-5-2-3-7(9)8(11)6(5)4-10/h2-3H,11H2,1H3. The van der Waals surface area contributed by atoms with Crippen LogP contribution in [0.4, 0.5) is 10.1 Å². The number of hydrogen-bond donors (Lipinski definition) is 1. The quantitative estimate of drug-likeness (QED) is 0.571. The summed E-state index contributed by atoms with van der Waals surface area (Å²) in [5.74, 6) is -0.535. The van der Waals surface area contributed by atoms with E-state index in [4.69, 9.17) is 11.0 Å². The Kier molecular flexibility index (Phi) is 1.77. The molecule has 0 aliphatic carbocycles. The van der Waals surface area contributed by atoms with Crippen LogP contribution in [0.1, 0.15) is 11.1 Å². The first-order valence-electron chi connectivity index (χ1n) is 3.11. The Morgan fingerprint density at radius 2 is 2.18 bits per heavy atom. The molecule has 0 radical (unpaired) electrons. The molecule has 0 aliphatic rings. The summed E-state index contributed by atoms with van der Waals surface area (Å²) < 4.78 is 12.7. The predicted octanol–water partition coefficient (Wildman–Crippen LogP) is 1.59. The molecule has 0 saturated carbocycles. The van der Waals surface area contributed by atoms with E-state index in [1.165, 1.54) is 12.1 Å². The van der Waals surface area contributed by atoms with Crippen LogP contribution < -0.4 is 5.73 Å². The maximum Gasteiger partial charge on any atom is 0.147 e. The van der Waals surface area contributed by atoms with Crippen LogP contribution in [-0.4, -0.2) is 0 Å². The number of halogens is 1. The first-order valence-corrected chi connectivity index (χ1v) is 3.11. The van der Waals surface area contributed by atoms with Gasteiger partial charge in [0.15, 0.2) is 0 Å². The van der Waals surface area contributed by atoms with Crippen LogP contribution in [0.3, 0.4) is 0 Å². The third-order valence-electron chi connectivity index (χ3n) is 1.51. The van der Waals surface area contributed by atoms with E-state index in [-0.39, 0.29) is 11.3 Å². The lowest BCUT2D eigenvalue weighted by atomic mass is 10.1. The Morgan fingerprint density at radius 1 is 1.55 bits per heavy atom. The van der Waals surface area contributed by atoms with E-state index in [2.05, 4.69) is 0 Å². The van der Waals surface area contributed by atoms with Gasteiger partial charge in [-0.3, -0.25) is 0 Å². The number of nitriles is 1. The van der Waals surface area contributed by atoms with E-state index in [0.717, 1.165) is 0 Å². The van der Waals surface area contributed by atoms with Gasteiger partial charge < -0.3 is 5.73 Å². The largest absolute Gasteiger partial charge is 0.395 e. The minimum Gasteiger partial charge on any atom is -0.395 e. The van der Waals surface area contributed by atoms with Gasteiger partial charge in [0.2, 0.25) is 0 Å². The van der Waals surface area contributed by atoms with E-state index >= 15 is 0 Å². The Labute approximate surface area is 64.1 Å². The molecule has 0 fully saturated rings. The highest BCUT2D eigenvalue weighted by Crippen LogP contribution is 2.18. The third-order valence-corrected chi connectivity index (χ3v) is 1.51. The Hall–Kier alpha value is -1.56.